The van der Waals surface area contributed by atoms with Crippen LogP contribution in [0, 0.1) is 23.0 Å². The van der Waals surface area contributed by atoms with E-state index < -0.39 is 29.8 Å². The van der Waals surface area contributed by atoms with Crippen molar-refractivity contribution in [2.45, 2.75) is 56.4 Å². The fourth-order valence-electron chi connectivity index (χ4n) is 5.08. The van der Waals surface area contributed by atoms with Gasteiger partial charge in [-0.25, -0.2) is 8.78 Å². The Kier molecular flexibility index (Phi) is 5.47. The van der Waals surface area contributed by atoms with Gasteiger partial charge in [-0.1, -0.05) is 0 Å². The monoisotopic (exact) mass is 417 g/mol. The van der Waals surface area contributed by atoms with Gasteiger partial charge >= 0.3 is 0 Å². The second kappa shape index (κ2) is 7.93. The minimum atomic E-state index is -0.797. The van der Waals surface area contributed by atoms with Gasteiger partial charge in [0.25, 0.3) is 0 Å². The standard InChI is InChI=1S/C21H25F2N5O2/c1-12(13-5-14(22)7-15(23)6-13)28-17-8-19(21(28)30)26(10-17)11-18(25)20(29)27-4-2-3-16(27)9-24/h5-7,12,16-19H,2-4,8,10-11,25H2,1H3/t12?,16?,17-,18-,19-/m0/s1. The third-order valence-corrected chi connectivity index (χ3v) is 6.53. The number of halogens is 2. The van der Waals surface area contributed by atoms with Crippen molar-refractivity contribution in [3.63, 3.8) is 0 Å². The van der Waals surface area contributed by atoms with Crippen LogP contribution in [0.4, 0.5) is 8.78 Å². The Hall–Kier alpha value is -2.57. The van der Waals surface area contributed by atoms with Gasteiger partial charge in [-0.05, 0) is 43.9 Å². The Bertz CT molecular complexity index is 884. The van der Waals surface area contributed by atoms with Gasteiger partial charge in [-0.15, -0.1) is 0 Å². The Balaban J connectivity index is 1.41. The maximum atomic E-state index is 13.6. The van der Waals surface area contributed by atoms with Crippen LogP contribution in [0.3, 0.4) is 0 Å². The minimum Gasteiger partial charge on any atom is -0.330 e. The molecule has 1 aromatic carbocycles. The molecule has 160 valence electrons. The first-order valence-corrected chi connectivity index (χ1v) is 10.3. The zero-order chi connectivity index (χ0) is 21.6. The number of piperazine rings is 1. The van der Waals surface area contributed by atoms with Gasteiger partial charge in [0.15, 0.2) is 0 Å². The molecule has 0 saturated carbocycles. The molecule has 3 aliphatic heterocycles. The number of hydrogen-bond acceptors (Lipinski definition) is 5. The first kappa shape index (κ1) is 20.7. The van der Waals surface area contributed by atoms with Crippen LogP contribution in [-0.2, 0) is 9.59 Å². The number of likely N-dealkylation sites (tertiary alicyclic amines) is 3. The van der Waals surface area contributed by atoms with E-state index in [9.17, 15) is 23.6 Å². The summed E-state index contributed by atoms with van der Waals surface area (Å²) in [6.45, 7) is 3.10. The van der Waals surface area contributed by atoms with Crippen LogP contribution >= 0.6 is 0 Å². The molecule has 30 heavy (non-hydrogen) atoms. The van der Waals surface area contributed by atoms with Crippen molar-refractivity contribution >= 4 is 11.8 Å². The van der Waals surface area contributed by atoms with Crippen LogP contribution < -0.4 is 5.73 Å². The molecular formula is C21H25F2N5O2. The zero-order valence-electron chi connectivity index (χ0n) is 16.8. The van der Waals surface area contributed by atoms with E-state index >= 15 is 0 Å². The van der Waals surface area contributed by atoms with Crippen molar-refractivity contribution in [1.82, 2.24) is 14.7 Å². The van der Waals surface area contributed by atoms with E-state index in [0.717, 1.165) is 12.5 Å². The molecule has 3 heterocycles. The second-order valence-corrected chi connectivity index (χ2v) is 8.41. The molecule has 3 saturated heterocycles. The Morgan fingerprint density at radius 3 is 2.67 bits per heavy atom. The topological polar surface area (TPSA) is 93.7 Å². The van der Waals surface area contributed by atoms with Gasteiger partial charge in [0.05, 0.1) is 24.2 Å². The highest BCUT2D eigenvalue weighted by atomic mass is 19.1. The van der Waals surface area contributed by atoms with E-state index in [-0.39, 0.29) is 30.4 Å². The molecule has 2 unspecified atom stereocenters. The summed E-state index contributed by atoms with van der Waals surface area (Å²) in [7, 11) is 0. The Labute approximate surface area is 174 Å². The highest BCUT2D eigenvalue weighted by Crippen LogP contribution is 2.38. The van der Waals surface area contributed by atoms with E-state index in [1.54, 1.807) is 11.8 Å². The average Bonchev–Trinajstić information content (AvgIpc) is 3.40. The fraction of sp³-hybridized carbons (Fsp3) is 0.571. The lowest BCUT2D eigenvalue weighted by molar-refractivity contribution is -0.141. The maximum absolute atomic E-state index is 13.6. The van der Waals surface area contributed by atoms with Crippen LogP contribution in [0.15, 0.2) is 18.2 Å². The molecule has 9 heteroatoms. The Morgan fingerprint density at radius 1 is 1.33 bits per heavy atom. The highest BCUT2D eigenvalue weighted by molar-refractivity contribution is 5.87. The number of fused-ring (bicyclic) bond motifs is 2. The molecule has 0 aromatic heterocycles. The van der Waals surface area contributed by atoms with Crippen molar-refractivity contribution < 1.29 is 18.4 Å². The summed E-state index contributed by atoms with van der Waals surface area (Å²) in [6, 6.07) is 3.30. The predicted molar refractivity (Wildman–Crippen MR) is 104 cm³/mol. The molecule has 3 fully saturated rings. The van der Waals surface area contributed by atoms with Gasteiger partial charge in [0, 0.05) is 31.7 Å². The largest absolute Gasteiger partial charge is 0.330 e. The van der Waals surface area contributed by atoms with Crippen LogP contribution in [0.5, 0.6) is 0 Å². The van der Waals surface area contributed by atoms with Crippen LogP contribution in [-0.4, -0.2) is 70.3 Å². The van der Waals surface area contributed by atoms with E-state index in [0.29, 0.717) is 31.5 Å². The van der Waals surface area contributed by atoms with Gasteiger partial charge in [-0.3, -0.25) is 14.5 Å². The summed E-state index contributed by atoms with van der Waals surface area (Å²) >= 11 is 0. The first-order valence-electron chi connectivity index (χ1n) is 10.3. The first-order chi connectivity index (χ1) is 14.3. The molecule has 5 atom stereocenters. The molecule has 7 nitrogen and oxygen atoms in total. The van der Waals surface area contributed by atoms with Crippen molar-refractivity contribution in [2.24, 2.45) is 5.73 Å². The summed E-state index contributed by atoms with van der Waals surface area (Å²) in [5.74, 6) is -1.71. The number of hydrogen-bond donors (Lipinski definition) is 1. The molecule has 4 rings (SSSR count). The molecule has 0 aliphatic carbocycles. The lowest BCUT2D eigenvalue weighted by Crippen LogP contribution is -2.56. The highest BCUT2D eigenvalue weighted by Gasteiger charge is 2.51. The van der Waals surface area contributed by atoms with E-state index in [1.165, 1.54) is 17.0 Å². The number of amides is 2. The third kappa shape index (κ3) is 3.55. The Morgan fingerprint density at radius 2 is 2.03 bits per heavy atom. The fourth-order valence-corrected chi connectivity index (χ4v) is 5.08. The van der Waals surface area contributed by atoms with Crippen molar-refractivity contribution in [1.29, 1.82) is 5.26 Å². The normalized spacial score (nSPS) is 28.1. The number of rotatable bonds is 5. The van der Waals surface area contributed by atoms with Gasteiger partial charge in [-0.2, -0.15) is 5.26 Å². The molecule has 2 N–H and O–H groups in total. The molecule has 3 aliphatic rings. The lowest BCUT2D eigenvalue weighted by Gasteiger charge is -2.38. The average molecular weight is 417 g/mol. The molecule has 0 spiro atoms. The molecular weight excluding hydrogens is 392 g/mol. The summed E-state index contributed by atoms with van der Waals surface area (Å²) in [4.78, 5) is 30.8. The van der Waals surface area contributed by atoms with Gasteiger partial charge < -0.3 is 15.5 Å². The third-order valence-electron chi connectivity index (χ3n) is 6.53. The van der Waals surface area contributed by atoms with E-state index in [2.05, 4.69) is 6.07 Å². The predicted octanol–water partition coefficient (Wildman–Crippen LogP) is 1.15. The van der Waals surface area contributed by atoms with Crippen molar-refractivity contribution in [2.75, 3.05) is 19.6 Å². The molecule has 1 aromatic rings. The van der Waals surface area contributed by atoms with Crippen LogP contribution in [0.1, 0.15) is 37.8 Å². The van der Waals surface area contributed by atoms with Crippen molar-refractivity contribution in [3.05, 3.63) is 35.4 Å². The summed E-state index contributed by atoms with van der Waals surface area (Å²) in [6.07, 6.45) is 2.05. The number of carbonyl (C=O) groups excluding carboxylic acids is 2. The van der Waals surface area contributed by atoms with Crippen LogP contribution in [0.25, 0.3) is 0 Å². The van der Waals surface area contributed by atoms with Crippen LogP contribution in [0.2, 0.25) is 0 Å². The lowest BCUT2D eigenvalue weighted by atomic mass is 10.0. The van der Waals surface area contributed by atoms with E-state index in [1.807, 2.05) is 4.90 Å². The number of nitriles is 1. The smallest absolute Gasteiger partial charge is 0.241 e. The van der Waals surface area contributed by atoms with Crippen molar-refractivity contribution in [3.8, 4) is 6.07 Å². The summed E-state index contributed by atoms with van der Waals surface area (Å²) in [5, 5.41) is 9.19. The number of nitrogens with two attached hydrogens (primary N) is 1. The molecule has 2 bridgehead atoms. The maximum Gasteiger partial charge on any atom is 0.241 e. The number of benzene rings is 1. The summed E-state index contributed by atoms with van der Waals surface area (Å²) in [5.41, 5.74) is 6.56. The SMILES string of the molecule is CC(c1cc(F)cc(F)c1)N1C(=O)[C@@H]2C[C@H]1CN2C[C@H](N)C(=O)N1CCCC1C#N. The minimum absolute atomic E-state index is 0.0928. The molecule has 0 radical (unpaired) electrons. The second-order valence-electron chi connectivity index (χ2n) is 8.41. The quantitative estimate of drug-likeness (QED) is 0.776. The number of nitrogens with zero attached hydrogens (tertiary/aromatic N) is 4. The molecule has 2 amide bonds. The summed E-state index contributed by atoms with van der Waals surface area (Å²) < 4.78 is 27.2. The zero-order valence-corrected chi connectivity index (χ0v) is 16.8. The van der Waals surface area contributed by atoms with Gasteiger partial charge in [0.2, 0.25) is 11.8 Å². The van der Waals surface area contributed by atoms with Gasteiger partial charge in [0.1, 0.15) is 17.7 Å². The number of carbonyl (C=O) groups is 2. The van der Waals surface area contributed by atoms with E-state index in [4.69, 9.17) is 5.73 Å².